The molecule has 0 fully saturated rings. The maximum absolute atomic E-state index is 5.66. The minimum Gasteiger partial charge on any atom is -0.384 e. The third kappa shape index (κ3) is 1.50. The standard InChI is InChI=1S/C8H10N4S/c9-7-6(8(10)12-11-7)4-5-2-1-3-13-5/h1-3H,4H2,(H5,9,10,11,12). The van der Waals surface area contributed by atoms with Crippen LogP contribution in [0, 0.1) is 0 Å². The van der Waals surface area contributed by atoms with Crippen molar-refractivity contribution in [1.82, 2.24) is 10.2 Å². The van der Waals surface area contributed by atoms with Crippen LogP contribution < -0.4 is 11.5 Å². The molecule has 0 atom stereocenters. The van der Waals surface area contributed by atoms with E-state index >= 15 is 0 Å². The fraction of sp³-hybridized carbons (Fsp3) is 0.125. The molecule has 0 radical (unpaired) electrons. The zero-order chi connectivity index (χ0) is 9.26. The summed E-state index contributed by atoms with van der Waals surface area (Å²) in [7, 11) is 0. The van der Waals surface area contributed by atoms with Gasteiger partial charge in [-0.25, -0.2) is 0 Å². The number of thiophene rings is 1. The van der Waals surface area contributed by atoms with Crippen LogP contribution in [0.2, 0.25) is 0 Å². The van der Waals surface area contributed by atoms with Crippen LogP contribution in [0.5, 0.6) is 0 Å². The first-order valence-corrected chi connectivity index (χ1v) is 4.76. The number of nitrogen functional groups attached to an aromatic ring is 2. The Morgan fingerprint density at radius 2 is 2.31 bits per heavy atom. The van der Waals surface area contributed by atoms with Crippen molar-refractivity contribution in [3.05, 3.63) is 28.0 Å². The summed E-state index contributed by atoms with van der Waals surface area (Å²) in [4.78, 5) is 1.24. The number of nitrogens with one attached hydrogen (secondary N) is 1. The number of rotatable bonds is 2. The van der Waals surface area contributed by atoms with Gasteiger partial charge in [0.25, 0.3) is 0 Å². The van der Waals surface area contributed by atoms with Crippen molar-refractivity contribution in [2.45, 2.75) is 6.42 Å². The zero-order valence-electron chi connectivity index (χ0n) is 6.95. The van der Waals surface area contributed by atoms with Crippen molar-refractivity contribution in [2.24, 2.45) is 0 Å². The second-order valence-electron chi connectivity index (χ2n) is 2.76. The molecule has 0 aliphatic rings. The quantitative estimate of drug-likeness (QED) is 0.672. The number of nitrogens with zero attached hydrogens (tertiary/aromatic N) is 1. The monoisotopic (exact) mass is 194 g/mol. The Bertz CT molecular complexity index is 371. The molecule has 0 aliphatic heterocycles. The highest BCUT2D eigenvalue weighted by molar-refractivity contribution is 7.09. The van der Waals surface area contributed by atoms with Gasteiger partial charge in [0, 0.05) is 16.9 Å². The third-order valence-electron chi connectivity index (χ3n) is 1.86. The summed E-state index contributed by atoms with van der Waals surface area (Å²) in [6.45, 7) is 0. The molecule has 0 unspecified atom stereocenters. The number of anilines is 2. The molecule has 0 saturated heterocycles. The molecule has 2 aromatic rings. The summed E-state index contributed by atoms with van der Waals surface area (Å²) < 4.78 is 0. The predicted octanol–water partition coefficient (Wildman–Crippen LogP) is 1.23. The van der Waals surface area contributed by atoms with Crippen molar-refractivity contribution in [3.8, 4) is 0 Å². The maximum atomic E-state index is 5.66. The molecule has 0 aromatic carbocycles. The predicted molar refractivity (Wildman–Crippen MR) is 54.5 cm³/mol. The van der Waals surface area contributed by atoms with Gasteiger partial charge in [-0.2, -0.15) is 5.10 Å². The van der Waals surface area contributed by atoms with Crippen molar-refractivity contribution < 1.29 is 0 Å². The molecule has 0 aliphatic carbocycles. The number of hydrogen-bond acceptors (Lipinski definition) is 4. The molecule has 13 heavy (non-hydrogen) atoms. The summed E-state index contributed by atoms with van der Waals surface area (Å²) in [5.41, 5.74) is 12.2. The summed E-state index contributed by atoms with van der Waals surface area (Å²) in [5, 5.41) is 8.52. The smallest absolute Gasteiger partial charge is 0.150 e. The molecule has 2 rings (SSSR count). The van der Waals surface area contributed by atoms with E-state index in [4.69, 9.17) is 11.5 Å². The van der Waals surface area contributed by atoms with Crippen molar-refractivity contribution in [1.29, 1.82) is 0 Å². The fourth-order valence-electron chi connectivity index (χ4n) is 1.17. The highest BCUT2D eigenvalue weighted by Gasteiger charge is 2.08. The molecule has 4 nitrogen and oxygen atoms in total. The van der Waals surface area contributed by atoms with Gasteiger partial charge >= 0.3 is 0 Å². The van der Waals surface area contributed by atoms with Crippen LogP contribution in [0.1, 0.15) is 10.4 Å². The molecule has 5 N–H and O–H groups in total. The summed E-state index contributed by atoms with van der Waals surface area (Å²) in [6.07, 6.45) is 0.756. The number of nitrogens with two attached hydrogens (primary N) is 2. The maximum Gasteiger partial charge on any atom is 0.150 e. The van der Waals surface area contributed by atoms with Crippen LogP contribution in [0.25, 0.3) is 0 Å². The van der Waals surface area contributed by atoms with E-state index in [9.17, 15) is 0 Å². The summed E-state index contributed by atoms with van der Waals surface area (Å²) in [5.74, 6) is 1.05. The molecular weight excluding hydrogens is 184 g/mol. The Balaban J connectivity index is 2.27. The van der Waals surface area contributed by atoms with E-state index in [1.807, 2.05) is 11.4 Å². The van der Waals surface area contributed by atoms with Gasteiger partial charge in [-0.1, -0.05) is 6.07 Å². The fourth-order valence-corrected chi connectivity index (χ4v) is 1.88. The zero-order valence-corrected chi connectivity index (χ0v) is 7.77. The lowest BCUT2D eigenvalue weighted by molar-refractivity contribution is 1.11. The molecule has 0 amide bonds. The number of hydrogen-bond donors (Lipinski definition) is 3. The number of H-pyrrole nitrogens is 1. The van der Waals surface area contributed by atoms with Crippen LogP contribution in [0.3, 0.4) is 0 Å². The molecule has 0 saturated carbocycles. The van der Waals surface area contributed by atoms with Crippen LogP contribution in [-0.4, -0.2) is 10.2 Å². The Hall–Kier alpha value is -1.49. The lowest BCUT2D eigenvalue weighted by Gasteiger charge is -1.96. The van der Waals surface area contributed by atoms with Crippen LogP contribution in [0.4, 0.5) is 11.6 Å². The molecule has 68 valence electrons. The lowest BCUT2D eigenvalue weighted by atomic mass is 10.2. The van der Waals surface area contributed by atoms with E-state index in [1.54, 1.807) is 11.3 Å². The second kappa shape index (κ2) is 3.10. The highest BCUT2D eigenvalue weighted by atomic mass is 32.1. The Morgan fingerprint density at radius 1 is 1.46 bits per heavy atom. The molecular formula is C8H10N4S. The van der Waals surface area contributed by atoms with E-state index in [-0.39, 0.29) is 0 Å². The van der Waals surface area contributed by atoms with Crippen LogP contribution in [-0.2, 0) is 6.42 Å². The SMILES string of the molecule is Nc1n[nH]c(N)c1Cc1cccs1. The van der Waals surface area contributed by atoms with E-state index in [0.717, 1.165) is 12.0 Å². The van der Waals surface area contributed by atoms with Crippen LogP contribution >= 0.6 is 11.3 Å². The first kappa shape index (κ1) is 8.12. The van der Waals surface area contributed by atoms with E-state index in [2.05, 4.69) is 16.3 Å². The van der Waals surface area contributed by atoms with Crippen molar-refractivity contribution in [3.63, 3.8) is 0 Å². The molecule has 2 aromatic heterocycles. The van der Waals surface area contributed by atoms with Crippen molar-refractivity contribution in [2.75, 3.05) is 11.5 Å². The Kier molecular flexibility index (Phi) is 1.94. The molecule has 0 spiro atoms. The number of aromatic nitrogens is 2. The van der Waals surface area contributed by atoms with Crippen LogP contribution in [0.15, 0.2) is 17.5 Å². The van der Waals surface area contributed by atoms with E-state index in [0.29, 0.717) is 11.6 Å². The van der Waals surface area contributed by atoms with Gasteiger partial charge in [0.05, 0.1) is 0 Å². The summed E-state index contributed by atoms with van der Waals surface area (Å²) >= 11 is 1.69. The van der Waals surface area contributed by atoms with E-state index in [1.165, 1.54) is 4.88 Å². The summed E-state index contributed by atoms with van der Waals surface area (Å²) in [6, 6.07) is 4.06. The normalized spacial score (nSPS) is 10.5. The van der Waals surface area contributed by atoms with Crippen molar-refractivity contribution >= 4 is 23.0 Å². The molecule has 5 heteroatoms. The van der Waals surface area contributed by atoms with Gasteiger partial charge in [-0.15, -0.1) is 11.3 Å². The Labute approximate surface area is 79.6 Å². The first-order valence-electron chi connectivity index (χ1n) is 3.88. The van der Waals surface area contributed by atoms with Gasteiger partial charge in [0.2, 0.25) is 0 Å². The Morgan fingerprint density at radius 3 is 2.85 bits per heavy atom. The van der Waals surface area contributed by atoms with E-state index < -0.39 is 0 Å². The lowest BCUT2D eigenvalue weighted by Crippen LogP contribution is -1.95. The highest BCUT2D eigenvalue weighted by Crippen LogP contribution is 2.21. The van der Waals surface area contributed by atoms with Gasteiger partial charge in [0.1, 0.15) is 5.82 Å². The molecule has 2 heterocycles. The van der Waals surface area contributed by atoms with Gasteiger partial charge in [0.15, 0.2) is 5.82 Å². The average molecular weight is 194 g/mol. The topological polar surface area (TPSA) is 80.7 Å². The van der Waals surface area contributed by atoms with Gasteiger partial charge in [-0.05, 0) is 11.4 Å². The first-order chi connectivity index (χ1) is 6.27. The largest absolute Gasteiger partial charge is 0.384 e. The third-order valence-corrected chi connectivity index (χ3v) is 2.74. The molecule has 0 bridgehead atoms. The van der Waals surface area contributed by atoms with Gasteiger partial charge < -0.3 is 11.5 Å². The minimum atomic E-state index is 0.492. The average Bonchev–Trinajstić information content (AvgIpc) is 2.70. The second-order valence-corrected chi connectivity index (χ2v) is 3.79. The minimum absolute atomic E-state index is 0.492. The number of aromatic amines is 1. The van der Waals surface area contributed by atoms with Gasteiger partial charge in [-0.3, -0.25) is 5.10 Å².